The van der Waals surface area contributed by atoms with Crippen molar-refractivity contribution in [3.8, 4) is 0 Å². The van der Waals surface area contributed by atoms with Gasteiger partial charge in [0.05, 0.1) is 13.2 Å². The van der Waals surface area contributed by atoms with Crippen LogP contribution in [0.5, 0.6) is 0 Å². The third kappa shape index (κ3) is 3.44. The highest BCUT2D eigenvalue weighted by Gasteiger charge is 2.30. The highest BCUT2D eigenvalue weighted by molar-refractivity contribution is 6.30. The molecule has 4 nitrogen and oxygen atoms in total. The molecule has 1 fully saturated rings. The lowest BCUT2D eigenvalue weighted by Gasteiger charge is -2.22. The molecule has 0 aliphatic carbocycles. The largest absolute Gasteiger partial charge is 0.355 e. The van der Waals surface area contributed by atoms with Crippen LogP contribution in [-0.2, 0) is 14.3 Å². The molecular weight excluding hydrogens is 206 g/mol. The molecule has 1 aliphatic heterocycles. The third-order valence-electron chi connectivity index (χ3n) is 2.14. The first-order valence-electron chi connectivity index (χ1n) is 4.73. The second kappa shape index (κ2) is 4.96. The van der Waals surface area contributed by atoms with Crippen molar-refractivity contribution in [1.82, 2.24) is 5.32 Å². The molecule has 14 heavy (non-hydrogen) atoms. The second-order valence-electron chi connectivity index (χ2n) is 3.49. The Morgan fingerprint density at radius 3 is 2.64 bits per heavy atom. The smallest absolute Gasteiger partial charge is 0.237 e. The van der Waals surface area contributed by atoms with E-state index in [1.54, 1.807) is 6.92 Å². The zero-order chi connectivity index (χ0) is 10.6. The van der Waals surface area contributed by atoms with Crippen LogP contribution < -0.4 is 5.32 Å². The molecule has 1 rings (SSSR count). The van der Waals surface area contributed by atoms with Gasteiger partial charge in [0.2, 0.25) is 5.91 Å². The van der Waals surface area contributed by atoms with E-state index in [2.05, 4.69) is 5.32 Å². The van der Waals surface area contributed by atoms with Gasteiger partial charge in [-0.25, -0.2) is 0 Å². The predicted octanol–water partition coefficient (Wildman–Crippen LogP) is 0.883. The minimum absolute atomic E-state index is 0.159. The van der Waals surface area contributed by atoms with E-state index in [4.69, 9.17) is 21.1 Å². The third-order valence-corrected chi connectivity index (χ3v) is 2.34. The van der Waals surface area contributed by atoms with Crippen LogP contribution in [-0.4, -0.2) is 36.8 Å². The fourth-order valence-corrected chi connectivity index (χ4v) is 1.33. The lowest BCUT2D eigenvalue weighted by Crippen LogP contribution is -2.36. The topological polar surface area (TPSA) is 47.6 Å². The lowest BCUT2D eigenvalue weighted by atomic mass is 10.2. The van der Waals surface area contributed by atoms with E-state index >= 15 is 0 Å². The molecule has 1 heterocycles. The van der Waals surface area contributed by atoms with E-state index in [9.17, 15) is 4.79 Å². The van der Waals surface area contributed by atoms with Crippen LogP contribution in [0, 0.1) is 0 Å². The molecule has 82 valence electrons. The normalized spacial score (nSPS) is 21.9. The summed E-state index contributed by atoms with van der Waals surface area (Å²) in [7, 11) is 0. The Bertz CT molecular complexity index is 202. The van der Waals surface area contributed by atoms with Crippen molar-refractivity contribution in [2.24, 2.45) is 0 Å². The molecule has 1 N–H and O–H groups in total. The van der Waals surface area contributed by atoms with E-state index in [-0.39, 0.29) is 5.91 Å². The van der Waals surface area contributed by atoms with Crippen LogP contribution in [0.2, 0.25) is 0 Å². The van der Waals surface area contributed by atoms with E-state index < -0.39 is 11.2 Å². The molecule has 0 saturated carbocycles. The molecule has 1 amide bonds. The fraction of sp³-hybridized carbons (Fsp3) is 0.889. The van der Waals surface area contributed by atoms with Gasteiger partial charge < -0.3 is 14.8 Å². The SMILES string of the molecule is CC(Cl)C(=O)NCCC1(C)OCCO1. The molecule has 5 heteroatoms. The zero-order valence-electron chi connectivity index (χ0n) is 8.51. The number of amides is 1. The fourth-order valence-electron chi connectivity index (χ4n) is 1.25. The average Bonchev–Trinajstić information content (AvgIpc) is 2.52. The summed E-state index contributed by atoms with van der Waals surface area (Å²) in [6, 6.07) is 0. The van der Waals surface area contributed by atoms with E-state index in [1.807, 2.05) is 6.92 Å². The van der Waals surface area contributed by atoms with Gasteiger partial charge in [0.25, 0.3) is 0 Å². The van der Waals surface area contributed by atoms with Crippen LogP contribution in [0.25, 0.3) is 0 Å². The van der Waals surface area contributed by atoms with Gasteiger partial charge in [0, 0.05) is 13.0 Å². The predicted molar refractivity (Wildman–Crippen MR) is 53.3 cm³/mol. The Kier molecular flexibility index (Phi) is 4.16. The van der Waals surface area contributed by atoms with Crippen LogP contribution >= 0.6 is 11.6 Å². The van der Waals surface area contributed by atoms with Crippen molar-refractivity contribution in [2.75, 3.05) is 19.8 Å². The Hall–Kier alpha value is -0.320. The molecule has 0 spiro atoms. The standard InChI is InChI=1S/C9H16ClNO3/c1-7(10)8(12)11-4-3-9(2)13-5-6-14-9/h7H,3-6H2,1-2H3,(H,11,12). The number of alkyl halides is 1. The molecule has 0 aromatic carbocycles. The number of hydrogen-bond acceptors (Lipinski definition) is 3. The summed E-state index contributed by atoms with van der Waals surface area (Å²) in [5.41, 5.74) is 0. The summed E-state index contributed by atoms with van der Waals surface area (Å²) in [4.78, 5) is 11.1. The molecule has 0 aromatic rings. The summed E-state index contributed by atoms with van der Waals surface area (Å²) >= 11 is 5.58. The summed E-state index contributed by atoms with van der Waals surface area (Å²) in [6.45, 7) is 5.27. The number of nitrogens with one attached hydrogen (secondary N) is 1. The van der Waals surface area contributed by atoms with Crippen molar-refractivity contribution in [2.45, 2.75) is 31.4 Å². The van der Waals surface area contributed by atoms with Gasteiger partial charge in [-0.3, -0.25) is 4.79 Å². The van der Waals surface area contributed by atoms with E-state index in [0.29, 0.717) is 26.2 Å². The van der Waals surface area contributed by atoms with Gasteiger partial charge in [0.15, 0.2) is 5.79 Å². The second-order valence-corrected chi connectivity index (χ2v) is 4.14. The maximum absolute atomic E-state index is 11.1. The van der Waals surface area contributed by atoms with Crippen molar-refractivity contribution < 1.29 is 14.3 Å². The van der Waals surface area contributed by atoms with Gasteiger partial charge in [-0.05, 0) is 13.8 Å². The minimum Gasteiger partial charge on any atom is -0.355 e. The first kappa shape index (κ1) is 11.8. The Balaban J connectivity index is 2.17. The molecule has 1 unspecified atom stereocenters. The van der Waals surface area contributed by atoms with Crippen molar-refractivity contribution in [3.63, 3.8) is 0 Å². The van der Waals surface area contributed by atoms with E-state index in [1.165, 1.54) is 0 Å². The highest BCUT2D eigenvalue weighted by Crippen LogP contribution is 2.21. The van der Waals surface area contributed by atoms with Crippen molar-refractivity contribution in [3.05, 3.63) is 0 Å². The van der Waals surface area contributed by atoms with Gasteiger partial charge in [-0.15, -0.1) is 11.6 Å². The number of carbonyl (C=O) groups excluding carboxylic acids is 1. The highest BCUT2D eigenvalue weighted by atomic mass is 35.5. The quantitative estimate of drug-likeness (QED) is 0.718. The Morgan fingerprint density at radius 1 is 1.57 bits per heavy atom. The maximum Gasteiger partial charge on any atom is 0.237 e. The van der Waals surface area contributed by atoms with E-state index in [0.717, 1.165) is 0 Å². The average molecular weight is 222 g/mol. The molecule has 1 aliphatic rings. The van der Waals surface area contributed by atoms with Crippen molar-refractivity contribution in [1.29, 1.82) is 0 Å². The van der Waals surface area contributed by atoms with Crippen LogP contribution in [0.4, 0.5) is 0 Å². The Labute approximate surface area is 88.9 Å². The summed E-state index contributed by atoms with van der Waals surface area (Å²) in [5, 5.41) is 2.21. The minimum atomic E-state index is -0.539. The summed E-state index contributed by atoms with van der Waals surface area (Å²) < 4.78 is 10.8. The number of carbonyl (C=O) groups is 1. The molecule has 0 radical (unpaired) electrons. The molecule has 1 atom stereocenters. The van der Waals surface area contributed by atoms with Crippen LogP contribution in [0.3, 0.4) is 0 Å². The lowest BCUT2D eigenvalue weighted by molar-refractivity contribution is -0.146. The van der Waals surface area contributed by atoms with Gasteiger partial charge in [-0.1, -0.05) is 0 Å². The summed E-state index contributed by atoms with van der Waals surface area (Å²) in [5.74, 6) is -0.698. The van der Waals surface area contributed by atoms with Crippen molar-refractivity contribution >= 4 is 17.5 Å². The first-order valence-corrected chi connectivity index (χ1v) is 5.17. The Morgan fingerprint density at radius 2 is 2.14 bits per heavy atom. The van der Waals surface area contributed by atoms with Gasteiger partial charge >= 0.3 is 0 Å². The number of halogens is 1. The maximum atomic E-state index is 11.1. The number of hydrogen-bond donors (Lipinski definition) is 1. The zero-order valence-corrected chi connectivity index (χ0v) is 9.26. The molecule has 0 bridgehead atoms. The van der Waals surface area contributed by atoms with Crippen LogP contribution in [0.15, 0.2) is 0 Å². The number of ether oxygens (including phenoxy) is 2. The monoisotopic (exact) mass is 221 g/mol. The molecule has 0 aromatic heterocycles. The van der Waals surface area contributed by atoms with Gasteiger partial charge in [0.1, 0.15) is 5.38 Å². The molecule has 1 saturated heterocycles. The first-order chi connectivity index (χ1) is 6.53. The van der Waals surface area contributed by atoms with Crippen LogP contribution in [0.1, 0.15) is 20.3 Å². The van der Waals surface area contributed by atoms with Gasteiger partial charge in [-0.2, -0.15) is 0 Å². The number of rotatable bonds is 4. The summed E-state index contributed by atoms with van der Waals surface area (Å²) in [6.07, 6.45) is 0.641. The molecular formula is C9H16ClNO3.